The number of hydrogen-bond acceptors (Lipinski definition) is 4. The van der Waals surface area contributed by atoms with Gasteiger partial charge in [0.05, 0.1) is 11.8 Å². The molecule has 1 saturated carbocycles. The van der Waals surface area contributed by atoms with Crippen LogP contribution >= 0.6 is 35.0 Å². The Hall–Kier alpha value is -1.50. The number of rotatable bonds is 8. The second kappa shape index (κ2) is 8.46. The lowest BCUT2D eigenvalue weighted by Gasteiger charge is -2.16. The van der Waals surface area contributed by atoms with E-state index >= 15 is 0 Å². The maximum Gasteiger partial charge on any atom is 0.230 e. The van der Waals surface area contributed by atoms with E-state index in [0.29, 0.717) is 22.5 Å². The number of halogens is 2. The molecule has 1 atom stereocenters. The van der Waals surface area contributed by atoms with Crippen LogP contribution in [0.15, 0.2) is 36.0 Å². The second-order valence-electron chi connectivity index (χ2n) is 6.26. The van der Waals surface area contributed by atoms with Gasteiger partial charge in [0, 0.05) is 22.5 Å². The summed E-state index contributed by atoms with van der Waals surface area (Å²) in [6, 6.07) is 5.05. The summed E-state index contributed by atoms with van der Waals surface area (Å²) in [7, 11) is 0. The van der Waals surface area contributed by atoms with Gasteiger partial charge in [0.15, 0.2) is 5.16 Å². The van der Waals surface area contributed by atoms with Crippen LogP contribution in [0.1, 0.15) is 43.1 Å². The summed E-state index contributed by atoms with van der Waals surface area (Å²) < 4.78 is 2.04. The molecular weight excluding hydrogens is 391 g/mol. The Balaban J connectivity index is 1.59. The minimum absolute atomic E-state index is 0.0883. The number of nitrogens with zero attached hydrogens (tertiary/aromatic N) is 3. The molecule has 1 fully saturated rings. The lowest BCUT2D eigenvalue weighted by Crippen LogP contribution is -2.28. The molecule has 1 heterocycles. The normalized spacial score (nSPS) is 14.9. The first kappa shape index (κ1) is 19.3. The highest BCUT2D eigenvalue weighted by Gasteiger charge is 2.30. The van der Waals surface area contributed by atoms with Crippen LogP contribution in [-0.4, -0.2) is 26.4 Å². The molecule has 0 bridgehead atoms. The average Bonchev–Trinajstić information content (AvgIpc) is 3.35. The zero-order valence-corrected chi connectivity index (χ0v) is 16.7. The predicted molar refractivity (Wildman–Crippen MR) is 106 cm³/mol. The van der Waals surface area contributed by atoms with Gasteiger partial charge >= 0.3 is 0 Å². The van der Waals surface area contributed by atoms with E-state index in [2.05, 4.69) is 22.1 Å². The van der Waals surface area contributed by atoms with Gasteiger partial charge < -0.3 is 9.88 Å². The van der Waals surface area contributed by atoms with Gasteiger partial charge in [-0.1, -0.05) is 47.1 Å². The third-order valence-electron chi connectivity index (χ3n) is 4.14. The Morgan fingerprint density at radius 2 is 2.23 bits per heavy atom. The molecule has 1 aromatic carbocycles. The fourth-order valence-electron chi connectivity index (χ4n) is 2.69. The highest BCUT2D eigenvalue weighted by Crippen LogP contribution is 2.40. The van der Waals surface area contributed by atoms with Crippen LogP contribution in [0.4, 0.5) is 0 Å². The van der Waals surface area contributed by atoms with Crippen LogP contribution in [0.3, 0.4) is 0 Å². The van der Waals surface area contributed by atoms with Crippen LogP contribution < -0.4 is 5.32 Å². The number of benzene rings is 1. The van der Waals surface area contributed by atoms with E-state index in [1.54, 1.807) is 12.1 Å². The number of nitrogens with one attached hydrogen (secondary N) is 1. The third-order valence-corrected chi connectivity index (χ3v) is 5.67. The van der Waals surface area contributed by atoms with E-state index in [0.717, 1.165) is 29.4 Å². The van der Waals surface area contributed by atoms with Crippen molar-refractivity contribution in [2.45, 2.75) is 43.4 Å². The van der Waals surface area contributed by atoms with E-state index in [4.69, 9.17) is 23.2 Å². The standard InChI is InChI=1S/C18H20Cl2N4OS/c1-3-8-24-17(12-4-5-12)22-23-18(24)26-10-16(25)21-11(2)14-7-6-13(19)9-15(14)20/h3,6-7,9,11-12H,1,4-5,8,10H2,2H3,(H,21,25). The summed E-state index contributed by atoms with van der Waals surface area (Å²) in [5.41, 5.74) is 0.834. The molecule has 1 aliphatic rings. The van der Waals surface area contributed by atoms with Crippen molar-refractivity contribution in [3.05, 3.63) is 52.3 Å². The monoisotopic (exact) mass is 410 g/mol. The summed E-state index contributed by atoms with van der Waals surface area (Å²) in [4.78, 5) is 12.3. The molecule has 0 saturated heterocycles. The molecule has 2 aromatic rings. The number of carbonyl (C=O) groups excluding carboxylic acids is 1. The molecular formula is C18H20Cl2N4OS. The molecule has 8 heteroatoms. The summed E-state index contributed by atoms with van der Waals surface area (Å²) in [5.74, 6) is 1.66. The smallest absolute Gasteiger partial charge is 0.230 e. The van der Waals surface area contributed by atoms with E-state index in [1.165, 1.54) is 11.8 Å². The predicted octanol–water partition coefficient (Wildman–Crippen LogP) is 4.62. The van der Waals surface area contributed by atoms with E-state index in [1.807, 2.05) is 23.6 Å². The summed E-state index contributed by atoms with van der Waals surface area (Å²) >= 11 is 13.5. The first-order chi connectivity index (χ1) is 12.5. The highest BCUT2D eigenvalue weighted by molar-refractivity contribution is 7.99. The quantitative estimate of drug-likeness (QED) is 0.509. The Morgan fingerprint density at radius 3 is 2.88 bits per heavy atom. The van der Waals surface area contributed by atoms with Gasteiger partial charge in [-0.25, -0.2) is 0 Å². The first-order valence-corrected chi connectivity index (χ1v) is 10.1. The molecule has 0 aliphatic heterocycles. The second-order valence-corrected chi connectivity index (χ2v) is 8.04. The molecule has 0 radical (unpaired) electrons. The lowest BCUT2D eigenvalue weighted by atomic mass is 10.1. The third kappa shape index (κ3) is 4.61. The number of amides is 1. The van der Waals surface area contributed by atoms with Gasteiger partial charge in [-0.15, -0.1) is 16.8 Å². The number of allylic oxidation sites excluding steroid dienone is 1. The van der Waals surface area contributed by atoms with Crippen molar-refractivity contribution in [2.75, 3.05) is 5.75 Å². The Bertz CT molecular complexity index is 820. The fourth-order valence-corrected chi connectivity index (χ4v) is 4.03. The van der Waals surface area contributed by atoms with Gasteiger partial charge in [-0.05, 0) is 37.5 Å². The van der Waals surface area contributed by atoms with Gasteiger partial charge in [0.2, 0.25) is 5.91 Å². The minimum atomic E-state index is -0.207. The molecule has 26 heavy (non-hydrogen) atoms. The highest BCUT2D eigenvalue weighted by atomic mass is 35.5. The molecule has 3 rings (SSSR count). The molecule has 0 spiro atoms. The van der Waals surface area contributed by atoms with Gasteiger partial charge in [-0.3, -0.25) is 4.79 Å². The van der Waals surface area contributed by atoms with Crippen molar-refractivity contribution in [2.24, 2.45) is 0 Å². The maximum absolute atomic E-state index is 12.3. The Morgan fingerprint density at radius 1 is 1.46 bits per heavy atom. The SMILES string of the molecule is C=CCn1c(SCC(=O)NC(C)c2ccc(Cl)cc2Cl)nnc1C1CC1. The maximum atomic E-state index is 12.3. The van der Waals surface area contributed by atoms with Crippen molar-refractivity contribution in [1.29, 1.82) is 0 Å². The molecule has 5 nitrogen and oxygen atoms in total. The van der Waals surface area contributed by atoms with Crippen molar-refractivity contribution < 1.29 is 4.79 Å². The van der Waals surface area contributed by atoms with Crippen LogP contribution in [0, 0.1) is 0 Å². The van der Waals surface area contributed by atoms with Gasteiger partial charge in [0.25, 0.3) is 0 Å². The minimum Gasteiger partial charge on any atom is -0.349 e. The summed E-state index contributed by atoms with van der Waals surface area (Å²) in [6.07, 6.45) is 4.13. The Kier molecular flexibility index (Phi) is 6.27. The van der Waals surface area contributed by atoms with E-state index < -0.39 is 0 Å². The fraction of sp³-hybridized carbons (Fsp3) is 0.389. The van der Waals surface area contributed by atoms with Crippen LogP contribution in [0.25, 0.3) is 0 Å². The lowest BCUT2D eigenvalue weighted by molar-refractivity contribution is -0.119. The average molecular weight is 411 g/mol. The van der Waals surface area contributed by atoms with E-state index in [-0.39, 0.29) is 17.7 Å². The summed E-state index contributed by atoms with van der Waals surface area (Å²) in [5, 5.41) is 13.3. The first-order valence-electron chi connectivity index (χ1n) is 8.40. The van der Waals surface area contributed by atoms with Gasteiger partial charge in [-0.2, -0.15) is 0 Å². The molecule has 1 aliphatic carbocycles. The van der Waals surface area contributed by atoms with Crippen LogP contribution in [0.5, 0.6) is 0 Å². The molecule has 1 N–H and O–H groups in total. The van der Waals surface area contributed by atoms with Crippen molar-refractivity contribution in [3.63, 3.8) is 0 Å². The van der Waals surface area contributed by atoms with E-state index in [9.17, 15) is 4.79 Å². The number of hydrogen-bond donors (Lipinski definition) is 1. The van der Waals surface area contributed by atoms with Crippen molar-refractivity contribution in [1.82, 2.24) is 20.1 Å². The molecule has 1 amide bonds. The molecule has 1 unspecified atom stereocenters. The molecule has 1 aromatic heterocycles. The Labute approximate surface area is 167 Å². The van der Waals surface area contributed by atoms with Gasteiger partial charge in [0.1, 0.15) is 5.82 Å². The largest absolute Gasteiger partial charge is 0.349 e. The van der Waals surface area contributed by atoms with Crippen molar-refractivity contribution in [3.8, 4) is 0 Å². The summed E-state index contributed by atoms with van der Waals surface area (Å²) in [6.45, 7) is 6.34. The topological polar surface area (TPSA) is 59.8 Å². The zero-order chi connectivity index (χ0) is 18.7. The van der Waals surface area contributed by atoms with Crippen LogP contribution in [-0.2, 0) is 11.3 Å². The molecule has 138 valence electrons. The zero-order valence-electron chi connectivity index (χ0n) is 14.4. The number of thioether (sulfide) groups is 1. The number of aromatic nitrogens is 3. The van der Waals surface area contributed by atoms with Crippen molar-refractivity contribution >= 4 is 40.9 Å². The van der Waals surface area contributed by atoms with Crippen LogP contribution in [0.2, 0.25) is 10.0 Å². The number of carbonyl (C=O) groups is 1.